The number of benzene rings is 2. The van der Waals surface area contributed by atoms with E-state index in [2.05, 4.69) is 48.0 Å². The predicted molar refractivity (Wildman–Crippen MR) is 91.0 cm³/mol. The zero-order valence-electron chi connectivity index (χ0n) is 12.3. The van der Waals surface area contributed by atoms with Gasteiger partial charge in [0.1, 0.15) is 0 Å². The van der Waals surface area contributed by atoms with Crippen molar-refractivity contribution >= 4 is 33.7 Å². The molecule has 4 heteroatoms. The maximum Gasteiger partial charge on any atom is 0.337 e. The molecule has 0 saturated heterocycles. The summed E-state index contributed by atoms with van der Waals surface area (Å²) in [4.78, 5) is 12.7. The highest BCUT2D eigenvalue weighted by atomic mass is 79.9. The Kier molecular flexibility index (Phi) is 5.48. The summed E-state index contributed by atoms with van der Waals surface area (Å²) in [6.45, 7) is 4.24. The first-order chi connectivity index (χ1) is 10.0. The molecule has 110 valence electrons. The Morgan fingerprint density at radius 2 is 1.90 bits per heavy atom. The number of hydrogen-bond donors (Lipinski definition) is 0. The van der Waals surface area contributed by atoms with Gasteiger partial charge in [-0.1, -0.05) is 28.1 Å². The number of thioether (sulfide) groups is 1. The van der Waals surface area contributed by atoms with Crippen LogP contribution in [0.15, 0.2) is 45.8 Å². The largest absolute Gasteiger partial charge is 0.465 e. The van der Waals surface area contributed by atoms with Crippen LogP contribution in [0.4, 0.5) is 0 Å². The summed E-state index contributed by atoms with van der Waals surface area (Å²) in [5.41, 5.74) is 4.33. The van der Waals surface area contributed by atoms with Crippen LogP contribution in [0.5, 0.6) is 0 Å². The van der Waals surface area contributed by atoms with Crippen molar-refractivity contribution in [1.29, 1.82) is 0 Å². The molecule has 2 nitrogen and oxygen atoms in total. The van der Waals surface area contributed by atoms with Crippen LogP contribution in [0.25, 0.3) is 0 Å². The molecule has 0 N–H and O–H groups in total. The normalized spacial score (nSPS) is 10.5. The van der Waals surface area contributed by atoms with E-state index in [1.165, 1.54) is 23.1 Å². The van der Waals surface area contributed by atoms with E-state index in [-0.39, 0.29) is 5.97 Å². The minimum Gasteiger partial charge on any atom is -0.465 e. The minimum atomic E-state index is -0.316. The zero-order chi connectivity index (χ0) is 15.4. The average molecular weight is 365 g/mol. The van der Waals surface area contributed by atoms with Crippen LogP contribution < -0.4 is 0 Å². The smallest absolute Gasteiger partial charge is 0.337 e. The number of ether oxygens (including phenoxy) is 1. The van der Waals surface area contributed by atoms with E-state index in [0.717, 1.165) is 15.8 Å². The Morgan fingerprint density at radius 3 is 2.52 bits per heavy atom. The molecule has 2 aromatic rings. The number of methoxy groups -OCH3 is 1. The molecular weight excluding hydrogens is 348 g/mol. The third-order valence-electron chi connectivity index (χ3n) is 3.35. The van der Waals surface area contributed by atoms with Gasteiger partial charge in [0.2, 0.25) is 0 Å². The van der Waals surface area contributed by atoms with Crippen LogP contribution in [-0.2, 0) is 10.5 Å². The Bertz CT molecular complexity index is 668. The molecule has 0 aromatic heterocycles. The lowest BCUT2D eigenvalue weighted by atomic mass is 10.1. The first-order valence-corrected chi connectivity index (χ1v) is 8.36. The summed E-state index contributed by atoms with van der Waals surface area (Å²) in [7, 11) is 1.39. The highest BCUT2D eigenvalue weighted by Crippen LogP contribution is 2.29. The van der Waals surface area contributed by atoms with Crippen molar-refractivity contribution in [2.75, 3.05) is 7.11 Å². The minimum absolute atomic E-state index is 0.316. The van der Waals surface area contributed by atoms with Gasteiger partial charge in [-0.2, -0.15) is 0 Å². The summed E-state index contributed by atoms with van der Waals surface area (Å²) in [6, 6.07) is 12.1. The molecule has 0 aliphatic rings. The Balaban J connectivity index is 2.09. The molecule has 0 aliphatic carbocycles. The average Bonchev–Trinajstić information content (AvgIpc) is 2.48. The molecule has 2 rings (SSSR count). The van der Waals surface area contributed by atoms with Crippen LogP contribution in [0.1, 0.15) is 27.0 Å². The van der Waals surface area contributed by atoms with Crippen LogP contribution in [0.2, 0.25) is 0 Å². The van der Waals surface area contributed by atoms with Gasteiger partial charge < -0.3 is 4.74 Å². The van der Waals surface area contributed by atoms with E-state index in [4.69, 9.17) is 4.74 Å². The first-order valence-electron chi connectivity index (χ1n) is 6.58. The highest BCUT2D eigenvalue weighted by molar-refractivity contribution is 9.10. The maximum absolute atomic E-state index is 11.5. The van der Waals surface area contributed by atoms with E-state index in [0.29, 0.717) is 5.56 Å². The van der Waals surface area contributed by atoms with Gasteiger partial charge in [-0.15, -0.1) is 11.8 Å². The number of halogens is 1. The lowest BCUT2D eigenvalue weighted by Gasteiger charge is -2.08. The lowest BCUT2D eigenvalue weighted by Crippen LogP contribution is -2.01. The Hall–Kier alpha value is -1.26. The molecule has 0 amide bonds. The Morgan fingerprint density at radius 1 is 1.14 bits per heavy atom. The van der Waals surface area contributed by atoms with Gasteiger partial charge in [0.05, 0.1) is 12.7 Å². The van der Waals surface area contributed by atoms with Gasteiger partial charge in [0.15, 0.2) is 0 Å². The quantitative estimate of drug-likeness (QED) is 0.554. The fraction of sp³-hybridized carbons (Fsp3) is 0.235. The van der Waals surface area contributed by atoms with Crippen molar-refractivity contribution < 1.29 is 9.53 Å². The topological polar surface area (TPSA) is 26.3 Å². The number of carbonyl (C=O) groups is 1. The number of aryl methyl sites for hydroxylation is 2. The molecule has 0 fully saturated rings. The molecule has 0 radical (unpaired) electrons. The van der Waals surface area contributed by atoms with E-state index in [1.54, 1.807) is 17.8 Å². The van der Waals surface area contributed by atoms with Gasteiger partial charge in [-0.05, 0) is 54.8 Å². The number of hydrogen-bond acceptors (Lipinski definition) is 3. The maximum atomic E-state index is 11.5. The summed E-state index contributed by atoms with van der Waals surface area (Å²) < 4.78 is 5.65. The third kappa shape index (κ3) is 4.11. The monoisotopic (exact) mass is 364 g/mol. The molecule has 2 aromatic carbocycles. The van der Waals surface area contributed by atoms with Crippen LogP contribution >= 0.6 is 27.7 Å². The van der Waals surface area contributed by atoms with E-state index < -0.39 is 0 Å². The summed E-state index contributed by atoms with van der Waals surface area (Å²) >= 11 is 5.31. The molecule has 0 saturated carbocycles. The second-order valence-electron chi connectivity index (χ2n) is 4.83. The predicted octanol–water partition coefficient (Wildman–Crippen LogP) is 5.14. The second-order valence-corrected chi connectivity index (χ2v) is 6.74. The highest BCUT2D eigenvalue weighted by Gasteiger charge is 2.09. The second kappa shape index (κ2) is 7.14. The molecule has 0 atom stereocenters. The summed E-state index contributed by atoms with van der Waals surface area (Å²) in [6.07, 6.45) is 0. The Labute approximate surface area is 138 Å². The third-order valence-corrected chi connectivity index (χ3v) is 5.13. The SMILES string of the molecule is COC(=O)c1ccc(CSc2ccc(C)c(C)c2)c(Br)c1. The standard InChI is InChI=1S/C17H17BrO2S/c1-11-4-7-15(8-12(11)2)21-10-14-6-5-13(9-16(14)18)17(19)20-3/h4-9H,10H2,1-3H3. The van der Waals surface area contributed by atoms with Crippen molar-refractivity contribution in [2.45, 2.75) is 24.5 Å². The van der Waals surface area contributed by atoms with Gasteiger partial charge in [-0.25, -0.2) is 4.79 Å². The molecular formula is C17H17BrO2S. The molecule has 0 aliphatic heterocycles. The van der Waals surface area contributed by atoms with Crippen LogP contribution in [0, 0.1) is 13.8 Å². The van der Waals surface area contributed by atoms with Crippen LogP contribution in [-0.4, -0.2) is 13.1 Å². The van der Waals surface area contributed by atoms with Crippen molar-refractivity contribution in [3.8, 4) is 0 Å². The summed E-state index contributed by atoms with van der Waals surface area (Å²) in [5, 5.41) is 0. The number of carbonyl (C=O) groups excluding carboxylic acids is 1. The van der Waals surface area contributed by atoms with Crippen molar-refractivity contribution in [3.63, 3.8) is 0 Å². The summed E-state index contributed by atoms with van der Waals surface area (Å²) in [5.74, 6) is 0.536. The van der Waals surface area contributed by atoms with Crippen molar-refractivity contribution in [3.05, 3.63) is 63.1 Å². The van der Waals surface area contributed by atoms with Gasteiger partial charge in [0, 0.05) is 15.1 Å². The molecule has 0 bridgehead atoms. The first kappa shape index (κ1) is 16.1. The van der Waals surface area contributed by atoms with Crippen molar-refractivity contribution in [2.24, 2.45) is 0 Å². The van der Waals surface area contributed by atoms with Gasteiger partial charge in [0.25, 0.3) is 0 Å². The molecule has 0 heterocycles. The molecule has 0 spiro atoms. The lowest BCUT2D eigenvalue weighted by molar-refractivity contribution is 0.0600. The fourth-order valence-electron chi connectivity index (χ4n) is 1.87. The molecule has 0 unspecified atom stereocenters. The fourth-order valence-corrected chi connectivity index (χ4v) is 3.58. The number of rotatable bonds is 4. The van der Waals surface area contributed by atoms with Crippen LogP contribution in [0.3, 0.4) is 0 Å². The zero-order valence-corrected chi connectivity index (χ0v) is 14.7. The molecule has 21 heavy (non-hydrogen) atoms. The van der Waals surface area contributed by atoms with E-state index >= 15 is 0 Å². The van der Waals surface area contributed by atoms with E-state index in [1.807, 2.05) is 12.1 Å². The van der Waals surface area contributed by atoms with Crippen molar-refractivity contribution in [1.82, 2.24) is 0 Å². The van der Waals surface area contributed by atoms with Gasteiger partial charge in [-0.3, -0.25) is 0 Å². The number of esters is 1. The van der Waals surface area contributed by atoms with E-state index in [9.17, 15) is 4.79 Å². The van der Waals surface area contributed by atoms with Gasteiger partial charge >= 0.3 is 5.97 Å².